The number of rotatable bonds is 15. The van der Waals surface area contributed by atoms with Crippen LogP contribution >= 0.6 is 0 Å². The summed E-state index contributed by atoms with van der Waals surface area (Å²) < 4.78 is 52.0. The quantitative estimate of drug-likeness (QED) is 0.0638. The molecule has 7 amide bonds. The third-order valence-corrected chi connectivity index (χ3v) is 20.5. The molecule has 5 aromatic carbocycles. The number of hydrogen-bond donors (Lipinski definition) is 19. The summed E-state index contributed by atoms with van der Waals surface area (Å²) >= 11 is 0. The van der Waals surface area contributed by atoms with Crippen LogP contribution in [0.1, 0.15) is 144 Å². The summed E-state index contributed by atoms with van der Waals surface area (Å²) in [5, 5.41) is 130. The second-order valence-corrected chi connectivity index (χ2v) is 29.6. The van der Waals surface area contributed by atoms with E-state index in [9.17, 15) is 70.2 Å². The maximum Gasteiger partial charge on any atom is 0.330 e. The van der Waals surface area contributed by atoms with Crippen LogP contribution in [0, 0.1) is 24.8 Å². The van der Waals surface area contributed by atoms with E-state index in [1.165, 1.54) is 71.0 Å². The van der Waals surface area contributed by atoms with Crippen LogP contribution in [0.4, 0.5) is 0 Å². The van der Waals surface area contributed by atoms with E-state index in [4.69, 9.17) is 55.1 Å². The molecule has 8 aliphatic heterocycles. The number of aryl methyl sites for hydroxylation is 1. The molecular formula is C75H92N9O26Y-. The number of aromatic hydroxyl groups is 3. The molecule has 36 heteroatoms. The minimum absolute atomic E-state index is 0. The smallest absolute Gasteiger partial charge is 0.330 e. The van der Waals surface area contributed by atoms with E-state index in [0.717, 1.165) is 42.5 Å². The molecule has 13 rings (SSSR count). The van der Waals surface area contributed by atoms with Crippen LogP contribution in [0.15, 0.2) is 78.9 Å². The van der Waals surface area contributed by atoms with Crippen LogP contribution in [0.25, 0.3) is 11.1 Å². The molecule has 1 radical (unpaired) electrons. The van der Waals surface area contributed by atoms with Gasteiger partial charge >= 0.3 is 5.97 Å². The van der Waals surface area contributed by atoms with Gasteiger partial charge in [-0.2, -0.15) is 12.1 Å². The van der Waals surface area contributed by atoms with Crippen LogP contribution in [-0.2, 0) is 94.7 Å². The van der Waals surface area contributed by atoms with Crippen LogP contribution in [0.5, 0.6) is 46.0 Å². The third kappa shape index (κ3) is 18.3. The van der Waals surface area contributed by atoms with Crippen molar-refractivity contribution >= 4 is 47.3 Å². The van der Waals surface area contributed by atoms with Gasteiger partial charge in [-0.1, -0.05) is 32.9 Å². The Morgan fingerprint density at radius 2 is 1.31 bits per heavy atom. The fraction of sp³-hybridized carbons (Fsp3) is 0.493. The van der Waals surface area contributed by atoms with E-state index in [-0.39, 0.29) is 91.6 Å². The molecule has 0 aliphatic carbocycles. The van der Waals surface area contributed by atoms with Gasteiger partial charge < -0.3 is 138 Å². The molecule has 597 valence electrons. The van der Waals surface area contributed by atoms with Crippen molar-refractivity contribution in [1.82, 2.24) is 31.9 Å². The number of primary amides is 1. The van der Waals surface area contributed by atoms with Crippen molar-refractivity contribution in [2.45, 2.75) is 215 Å². The average Bonchev–Trinajstić information content (AvgIpc) is 0.766. The van der Waals surface area contributed by atoms with E-state index >= 15 is 19.2 Å². The Morgan fingerprint density at radius 1 is 0.694 bits per heavy atom. The van der Waals surface area contributed by atoms with E-state index in [2.05, 4.69) is 38.0 Å². The van der Waals surface area contributed by atoms with E-state index in [1.807, 2.05) is 13.8 Å². The van der Waals surface area contributed by atoms with E-state index in [1.54, 1.807) is 6.92 Å². The predicted octanol–water partition coefficient (Wildman–Crippen LogP) is 0.581. The summed E-state index contributed by atoms with van der Waals surface area (Å²) in [5.74, 6) is -15.5. The molecule has 0 unspecified atom stereocenters. The number of carbonyl (C=O) groups is 8. The minimum atomic E-state index is -2.31. The zero-order valence-electron chi connectivity index (χ0n) is 61.7. The van der Waals surface area contributed by atoms with Crippen molar-refractivity contribution in [1.29, 1.82) is 0 Å². The first-order valence-electron chi connectivity index (χ1n) is 35.8. The minimum Gasteiger partial charge on any atom is -0.508 e. The standard InChI is InChI=1S/C75H92N9O26.Y/c1-9-33(18-29(2)3)66(95)83-56-58(90)34-10-14-39(15-11-34)105-46-21-37-22-47(62(46)110-73-63(60(92)59(91)48(28-85)107-73)109-51-27-75(8,78)65(94)32(6)104-51)106-45-17-13-36(19-30(45)4)61(108-50-26-74(7,77)64(93)31(5)103-50)57-71(100)82-55(72(101)102)41-23-38(86)24-44(88)52(41)40-20-35(12-16-43(40)87)53(68(97)84-57)81-69(98)54(37)80-67(96)42(25-49(76)89)79-70(56)99;/h10-14,16-17,19-24,29,31-33,42,48,50-51,53-61,63-65,73,85-88,90-94H,9,18,25-28,77-78H2,1-8H3,(H2,76,89)(H,79,99)(H,80,96)(H,81,98)(H,82,100)(H,83,95)(H,84,97)(H,101,102);/q-1;/t31-,32-,33+,42-,48+,50-,51-,53+,54+,55-,56+,57-,58+,59+,60-,61+,63+,64-,65-,73-,74-,75-;/m0./s1. The van der Waals surface area contributed by atoms with Crippen molar-refractivity contribution in [3.8, 4) is 57.1 Å². The number of phenolic OH excluding ortho intramolecular Hbond substituents is 3. The van der Waals surface area contributed by atoms with Gasteiger partial charge in [-0.3, -0.25) is 33.6 Å². The third-order valence-electron chi connectivity index (χ3n) is 20.5. The summed E-state index contributed by atoms with van der Waals surface area (Å²) in [6.07, 6.45) is -21.7. The number of phenols is 3. The fourth-order valence-electron chi connectivity index (χ4n) is 14.5. The van der Waals surface area contributed by atoms with Gasteiger partial charge in [0.25, 0.3) is 0 Å². The molecular weight excluding hydrogens is 1530 g/mol. The molecule has 22 atom stereocenters. The number of nitrogens with one attached hydrogen (secondary N) is 6. The van der Waals surface area contributed by atoms with Crippen molar-refractivity contribution < 1.29 is 160 Å². The van der Waals surface area contributed by atoms with Crippen molar-refractivity contribution in [2.24, 2.45) is 29.0 Å². The largest absolute Gasteiger partial charge is 0.508 e. The molecule has 3 saturated heterocycles. The van der Waals surface area contributed by atoms with Crippen molar-refractivity contribution in [2.75, 3.05) is 6.61 Å². The monoisotopic (exact) mass is 1620 g/mol. The summed E-state index contributed by atoms with van der Waals surface area (Å²) in [5.41, 5.74) is 14.0. The Morgan fingerprint density at radius 3 is 1.90 bits per heavy atom. The molecule has 35 nitrogen and oxygen atoms in total. The van der Waals surface area contributed by atoms with Gasteiger partial charge in [0.2, 0.25) is 53.4 Å². The Kier molecular flexibility index (Phi) is 26.2. The zero-order valence-corrected chi connectivity index (χ0v) is 64.5. The molecule has 0 aromatic heterocycles. The van der Waals surface area contributed by atoms with E-state index in [0.29, 0.717) is 6.42 Å². The normalized spacial score (nSPS) is 31.9. The summed E-state index contributed by atoms with van der Waals surface area (Å²) in [6, 6.07) is 4.76. The molecule has 0 saturated carbocycles. The number of carbonyl (C=O) groups excluding carboxylic acids is 7. The first kappa shape index (κ1) is 84.7. The van der Waals surface area contributed by atoms with Gasteiger partial charge in [0.15, 0.2) is 36.2 Å². The molecule has 11 bridgehead atoms. The number of carboxylic acids is 1. The Bertz CT molecular complexity index is 4340. The topological polar surface area (TPSA) is 563 Å². The Labute approximate surface area is 661 Å². The number of hydrogen-bond acceptors (Lipinski definition) is 27. The number of amides is 7. The zero-order chi connectivity index (χ0) is 80.0. The summed E-state index contributed by atoms with van der Waals surface area (Å²) in [7, 11) is 0. The molecule has 8 aliphatic rings. The Hall–Kier alpha value is -8.76. The van der Waals surface area contributed by atoms with Gasteiger partial charge in [0, 0.05) is 91.1 Å². The Balaban J connectivity index is 0.0000131. The molecule has 111 heavy (non-hydrogen) atoms. The number of ether oxygens (including phenoxy) is 8. The summed E-state index contributed by atoms with van der Waals surface area (Å²) in [6.45, 7) is 12.0. The maximum atomic E-state index is 16.4. The van der Waals surface area contributed by atoms with Crippen LogP contribution in [-0.4, -0.2) is 202 Å². The first-order valence-corrected chi connectivity index (χ1v) is 35.8. The summed E-state index contributed by atoms with van der Waals surface area (Å²) in [4.78, 5) is 120. The number of aliphatic hydroxyl groups excluding tert-OH is 6. The van der Waals surface area contributed by atoms with E-state index < -0.39 is 250 Å². The van der Waals surface area contributed by atoms with Gasteiger partial charge in [-0.05, 0) is 118 Å². The number of carboxylic acid groups (broad SMARTS) is 1. The SMILES string of the molecule is CC[C@H](CC(C)C)C(=O)N[C@H]1C(=O)N[C@@H](CC(N)=O)C(=O)N[C@H]2C(=O)N[C@H]3C(=O)N[C@H](C(=O)N[C@H](C(=O)O)c4cc(O)cc(O)c4-c4cc3ccc4O)[C@H](O[C@H]3C[C@](C)(N)[C@@H](O)[C@H](C)O3)c3ccc(c(C)c3)Oc3cc2cc(c3O[C@@H]2O[C@H](CO)[C@@H](O)[C@H](O)[C@H]2O[C@H]2C[C@](C)(N)[C@@H](O)[C@H](C)O2)Oc2[c-]cc(cc2)[C@H]1O.[Y]. The number of fused-ring (bicyclic) bond motifs is 15. The van der Waals surface area contributed by atoms with Crippen molar-refractivity contribution in [3.05, 3.63) is 118 Å². The van der Waals surface area contributed by atoms with Gasteiger partial charge in [0.05, 0.1) is 43.5 Å². The number of aliphatic hydroxyl groups is 6. The van der Waals surface area contributed by atoms with Crippen LogP contribution in [0.2, 0.25) is 0 Å². The van der Waals surface area contributed by atoms with Gasteiger partial charge in [0.1, 0.15) is 77.6 Å². The molecule has 0 spiro atoms. The average molecular weight is 1620 g/mol. The molecule has 8 heterocycles. The molecule has 3 fully saturated rings. The number of aliphatic carboxylic acids is 1. The second-order valence-electron chi connectivity index (χ2n) is 29.6. The fourth-order valence-corrected chi connectivity index (χ4v) is 14.5. The van der Waals surface area contributed by atoms with Crippen LogP contribution in [0.3, 0.4) is 0 Å². The van der Waals surface area contributed by atoms with Crippen molar-refractivity contribution in [3.63, 3.8) is 0 Å². The van der Waals surface area contributed by atoms with Gasteiger partial charge in [-0.15, -0.1) is 17.7 Å². The second kappa shape index (κ2) is 34.3. The number of nitrogens with two attached hydrogens (primary N) is 3. The van der Waals surface area contributed by atoms with Crippen LogP contribution < -0.4 is 63.3 Å². The maximum absolute atomic E-state index is 16.4. The first-order chi connectivity index (χ1) is 51.8. The number of benzene rings is 5. The molecule has 5 aromatic rings. The predicted molar refractivity (Wildman–Crippen MR) is 380 cm³/mol. The van der Waals surface area contributed by atoms with Gasteiger partial charge in [-0.25, -0.2) is 4.79 Å². The molecule has 22 N–H and O–H groups in total.